The molecule has 0 amide bonds. The van der Waals surface area contributed by atoms with Gasteiger partial charge in [0.15, 0.2) is 11.3 Å². The van der Waals surface area contributed by atoms with E-state index in [1.807, 2.05) is 0 Å². The summed E-state index contributed by atoms with van der Waals surface area (Å²) in [5, 5.41) is 9.70. The lowest BCUT2D eigenvalue weighted by molar-refractivity contribution is 0.0693. The molecule has 0 radical (unpaired) electrons. The zero-order valence-electron chi connectivity index (χ0n) is 7.48. The van der Waals surface area contributed by atoms with Crippen molar-refractivity contribution in [3.8, 4) is 5.75 Å². The van der Waals surface area contributed by atoms with E-state index >= 15 is 0 Å². The fourth-order valence-electron chi connectivity index (χ4n) is 1.38. The molecule has 1 heterocycles. The van der Waals surface area contributed by atoms with Gasteiger partial charge in [-0.3, -0.25) is 0 Å². The van der Waals surface area contributed by atoms with E-state index in [0.29, 0.717) is 5.58 Å². The number of methoxy groups -OCH3 is 1. The second-order valence-electron chi connectivity index (χ2n) is 2.79. The molecule has 4 nitrogen and oxygen atoms in total. The number of carboxylic acids is 1. The number of carboxylic acid groups (broad SMARTS) is 1. The third-order valence-electron chi connectivity index (χ3n) is 2.01. The van der Waals surface area contributed by atoms with Crippen LogP contribution in [0.15, 0.2) is 28.9 Å². The molecule has 0 atom stereocenters. The van der Waals surface area contributed by atoms with Gasteiger partial charge in [-0.1, -0.05) is 0 Å². The lowest BCUT2D eigenvalue weighted by Crippen LogP contribution is -2.00. The summed E-state index contributed by atoms with van der Waals surface area (Å²) in [5.74, 6) is -0.764. The predicted octanol–water partition coefficient (Wildman–Crippen LogP) is 2.14. The smallest absolute Gasteiger partial charge is 0.339 e. The van der Waals surface area contributed by atoms with Crippen LogP contribution in [0.2, 0.25) is 0 Å². The SMILES string of the molecule is COc1c(C(=O)O)ccc2ccoc12. The number of aromatic carboxylic acids is 1. The third-order valence-corrected chi connectivity index (χ3v) is 2.01. The molecule has 14 heavy (non-hydrogen) atoms. The zero-order valence-corrected chi connectivity index (χ0v) is 7.48. The maximum atomic E-state index is 10.8. The molecular formula is C10H8O4. The van der Waals surface area contributed by atoms with E-state index in [9.17, 15) is 4.79 Å². The second-order valence-corrected chi connectivity index (χ2v) is 2.79. The van der Waals surface area contributed by atoms with E-state index in [1.165, 1.54) is 19.4 Å². The molecule has 0 aliphatic rings. The van der Waals surface area contributed by atoms with Gasteiger partial charge in [0.25, 0.3) is 0 Å². The maximum absolute atomic E-state index is 10.8. The van der Waals surface area contributed by atoms with Crippen molar-refractivity contribution in [1.29, 1.82) is 0 Å². The van der Waals surface area contributed by atoms with Crippen molar-refractivity contribution in [2.24, 2.45) is 0 Å². The van der Waals surface area contributed by atoms with Gasteiger partial charge in [-0.05, 0) is 18.2 Å². The molecule has 0 bridgehead atoms. The van der Waals surface area contributed by atoms with Gasteiger partial charge in [-0.2, -0.15) is 0 Å². The number of fused-ring (bicyclic) bond motifs is 1. The lowest BCUT2D eigenvalue weighted by atomic mass is 10.1. The minimum Gasteiger partial charge on any atom is -0.492 e. The van der Waals surface area contributed by atoms with Crippen molar-refractivity contribution in [2.75, 3.05) is 7.11 Å². The number of ether oxygens (including phenoxy) is 1. The van der Waals surface area contributed by atoms with Crippen molar-refractivity contribution in [2.45, 2.75) is 0 Å². The summed E-state index contributed by atoms with van der Waals surface area (Å²) in [6.07, 6.45) is 1.50. The largest absolute Gasteiger partial charge is 0.492 e. The molecule has 1 aromatic carbocycles. The molecule has 0 saturated heterocycles. The first-order valence-electron chi connectivity index (χ1n) is 4.01. The zero-order chi connectivity index (χ0) is 10.1. The second kappa shape index (κ2) is 3.06. The molecule has 0 fully saturated rings. The number of benzene rings is 1. The van der Waals surface area contributed by atoms with Crippen LogP contribution in [0.25, 0.3) is 11.0 Å². The molecule has 72 valence electrons. The molecule has 0 aliphatic carbocycles. The van der Waals surface area contributed by atoms with Gasteiger partial charge in [0.1, 0.15) is 5.56 Å². The Morgan fingerprint density at radius 2 is 2.21 bits per heavy atom. The van der Waals surface area contributed by atoms with Gasteiger partial charge < -0.3 is 14.3 Å². The van der Waals surface area contributed by atoms with Crippen molar-refractivity contribution in [3.05, 3.63) is 30.0 Å². The van der Waals surface area contributed by atoms with Gasteiger partial charge in [0.05, 0.1) is 13.4 Å². The fraction of sp³-hybridized carbons (Fsp3) is 0.100. The Morgan fingerprint density at radius 3 is 2.86 bits per heavy atom. The van der Waals surface area contributed by atoms with Crippen LogP contribution >= 0.6 is 0 Å². The third kappa shape index (κ3) is 1.12. The Morgan fingerprint density at radius 1 is 1.43 bits per heavy atom. The Kier molecular flexibility index (Phi) is 1.89. The van der Waals surface area contributed by atoms with Crippen LogP contribution in [0.1, 0.15) is 10.4 Å². The van der Waals surface area contributed by atoms with Gasteiger partial charge in [0, 0.05) is 5.39 Å². The maximum Gasteiger partial charge on any atom is 0.339 e. The van der Waals surface area contributed by atoms with Gasteiger partial charge in [0.2, 0.25) is 0 Å². The number of furan rings is 1. The van der Waals surface area contributed by atoms with Crippen molar-refractivity contribution in [3.63, 3.8) is 0 Å². The summed E-state index contributed by atoms with van der Waals surface area (Å²) in [6.45, 7) is 0. The van der Waals surface area contributed by atoms with Crippen LogP contribution in [0.4, 0.5) is 0 Å². The normalized spacial score (nSPS) is 10.4. The van der Waals surface area contributed by atoms with Crippen molar-refractivity contribution < 1.29 is 19.1 Å². The first kappa shape index (κ1) is 8.62. The number of hydrogen-bond acceptors (Lipinski definition) is 3. The fourth-order valence-corrected chi connectivity index (χ4v) is 1.38. The summed E-state index contributed by atoms with van der Waals surface area (Å²) in [7, 11) is 1.42. The highest BCUT2D eigenvalue weighted by atomic mass is 16.5. The molecule has 4 heteroatoms. The summed E-state index contributed by atoms with van der Waals surface area (Å²) in [4.78, 5) is 10.8. The average Bonchev–Trinajstić information content (AvgIpc) is 2.63. The van der Waals surface area contributed by atoms with Crippen molar-refractivity contribution >= 4 is 16.9 Å². The van der Waals surface area contributed by atoms with Gasteiger partial charge in [-0.25, -0.2) is 4.79 Å². The lowest BCUT2D eigenvalue weighted by Gasteiger charge is -2.04. The first-order valence-corrected chi connectivity index (χ1v) is 4.01. The topological polar surface area (TPSA) is 59.7 Å². The van der Waals surface area contributed by atoms with Crippen molar-refractivity contribution in [1.82, 2.24) is 0 Å². The van der Waals surface area contributed by atoms with Crippen LogP contribution < -0.4 is 4.74 Å². The molecule has 0 spiro atoms. The van der Waals surface area contributed by atoms with Crippen LogP contribution in [0.5, 0.6) is 5.75 Å². The quantitative estimate of drug-likeness (QED) is 0.791. The van der Waals surface area contributed by atoms with E-state index in [-0.39, 0.29) is 11.3 Å². The van der Waals surface area contributed by atoms with E-state index < -0.39 is 5.97 Å². The Labute approximate surface area is 79.7 Å². The van der Waals surface area contributed by atoms with E-state index in [2.05, 4.69) is 0 Å². The van der Waals surface area contributed by atoms with Crippen LogP contribution in [-0.2, 0) is 0 Å². The Hall–Kier alpha value is -1.97. The first-order chi connectivity index (χ1) is 6.74. The Bertz CT molecular complexity index is 484. The minimum atomic E-state index is -1.03. The molecule has 2 aromatic rings. The van der Waals surface area contributed by atoms with Gasteiger partial charge in [-0.15, -0.1) is 0 Å². The molecule has 1 aromatic heterocycles. The predicted molar refractivity (Wildman–Crippen MR) is 49.7 cm³/mol. The Balaban J connectivity index is 2.78. The van der Waals surface area contributed by atoms with Gasteiger partial charge >= 0.3 is 5.97 Å². The molecular weight excluding hydrogens is 184 g/mol. The van der Waals surface area contributed by atoms with Crippen LogP contribution in [0.3, 0.4) is 0 Å². The minimum absolute atomic E-state index is 0.106. The summed E-state index contributed by atoms with van der Waals surface area (Å²) in [5.41, 5.74) is 0.572. The van der Waals surface area contributed by atoms with E-state index in [4.69, 9.17) is 14.3 Å². The summed E-state index contributed by atoms with van der Waals surface area (Å²) >= 11 is 0. The van der Waals surface area contributed by atoms with Crippen LogP contribution in [-0.4, -0.2) is 18.2 Å². The summed E-state index contributed by atoms with van der Waals surface area (Å²) < 4.78 is 10.1. The number of rotatable bonds is 2. The highest BCUT2D eigenvalue weighted by Crippen LogP contribution is 2.30. The standard InChI is InChI=1S/C10H8O4/c1-13-9-7(10(11)12)3-2-6-4-5-14-8(6)9/h2-5H,1H3,(H,11,12). The molecule has 1 N–H and O–H groups in total. The highest BCUT2D eigenvalue weighted by molar-refractivity contribution is 5.98. The van der Waals surface area contributed by atoms with Crippen LogP contribution in [0, 0.1) is 0 Å². The molecule has 2 rings (SSSR count). The highest BCUT2D eigenvalue weighted by Gasteiger charge is 2.15. The van der Waals surface area contributed by atoms with E-state index in [1.54, 1.807) is 12.1 Å². The summed E-state index contributed by atoms with van der Waals surface area (Å²) in [6, 6.07) is 4.94. The van der Waals surface area contributed by atoms with E-state index in [0.717, 1.165) is 5.39 Å². The molecule has 0 aliphatic heterocycles. The molecule has 0 saturated carbocycles. The number of carbonyl (C=O) groups is 1. The average molecular weight is 192 g/mol. The monoisotopic (exact) mass is 192 g/mol. The number of hydrogen-bond donors (Lipinski definition) is 1. The molecule has 0 unspecified atom stereocenters.